The summed E-state index contributed by atoms with van der Waals surface area (Å²) < 4.78 is 87.3. The SMILES string of the molecule is [2H]C([2H])([2H])C([2H])([2H])c1ccc2c(n1)oc1c(-c3ccccn3)[c-]ccc12.[2H]C([2H])([2H])c1c[c-]c(-c2[c-]cccc2)cc1.[2H]C([2H])([2H])c1ccc(-c2[c-]cccc2)nc1.[Ir]. The molecule has 0 spiro atoms. The summed E-state index contributed by atoms with van der Waals surface area (Å²) in [7, 11) is 0. The van der Waals surface area contributed by atoms with Gasteiger partial charge in [-0.25, -0.2) is 16.1 Å². The first-order valence-corrected chi connectivity index (χ1v) is 14.5. The van der Waals surface area contributed by atoms with Gasteiger partial charge in [-0.05, 0) is 48.4 Å². The van der Waals surface area contributed by atoms with E-state index in [1.54, 1.807) is 48.7 Å². The van der Waals surface area contributed by atoms with Crippen molar-refractivity contribution >= 4 is 22.1 Å². The smallest absolute Gasteiger partial charge is 0.216 e. The van der Waals surface area contributed by atoms with E-state index in [4.69, 9.17) is 19.5 Å². The Morgan fingerprint density at radius 2 is 1.46 bits per heavy atom. The Balaban J connectivity index is 0.000000175. The average molecular weight is 811 g/mol. The van der Waals surface area contributed by atoms with Gasteiger partial charge in [0.1, 0.15) is 0 Å². The van der Waals surface area contributed by atoms with Crippen LogP contribution in [0.3, 0.4) is 0 Å². The van der Waals surface area contributed by atoms with Crippen molar-refractivity contribution < 1.29 is 39.6 Å². The summed E-state index contributed by atoms with van der Waals surface area (Å²) in [5.41, 5.74) is 5.81. The molecule has 8 aromatic rings. The van der Waals surface area contributed by atoms with Crippen LogP contribution in [-0.4, -0.2) is 15.0 Å². The fourth-order valence-corrected chi connectivity index (χ4v) is 4.65. The molecular weight excluding hydrogens is 767 g/mol. The van der Waals surface area contributed by atoms with E-state index in [-0.39, 0.29) is 37.1 Å². The molecule has 0 bridgehead atoms. The fraction of sp³-hybridized carbons (Fsp3) is 0.0930. The molecule has 4 heterocycles. The zero-order chi connectivity index (χ0) is 41.7. The normalized spacial score (nSPS) is 14.8. The summed E-state index contributed by atoms with van der Waals surface area (Å²) in [6.07, 6.45) is 0.491. The minimum Gasteiger partial charge on any atom is -0.486 e. The number of hydrogen-bond donors (Lipinski definition) is 0. The zero-order valence-electron chi connectivity index (χ0n) is 36.3. The van der Waals surface area contributed by atoms with E-state index >= 15 is 0 Å². The molecule has 239 valence electrons. The van der Waals surface area contributed by atoms with Crippen LogP contribution in [-0.2, 0) is 26.5 Å². The molecule has 0 saturated carbocycles. The predicted molar refractivity (Wildman–Crippen MR) is 190 cm³/mol. The summed E-state index contributed by atoms with van der Waals surface area (Å²) in [5, 5.41) is 1.46. The minimum absolute atomic E-state index is 0. The average Bonchev–Trinajstić information content (AvgIpc) is 3.60. The van der Waals surface area contributed by atoms with Crippen LogP contribution in [0.5, 0.6) is 0 Å². The molecule has 0 aliphatic rings. The third kappa shape index (κ3) is 8.37. The molecule has 0 unspecified atom stereocenters. The first-order chi connectivity index (χ1) is 27.4. The Morgan fingerprint density at radius 3 is 2.12 bits per heavy atom. The van der Waals surface area contributed by atoms with Crippen molar-refractivity contribution in [3.05, 3.63) is 175 Å². The van der Waals surface area contributed by atoms with Crippen LogP contribution in [0.4, 0.5) is 0 Å². The maximum atomic E-state index is 7.89. The van der Waals surface area contributed by atoms with Crippen LogP contribution in [0.25, 0.3) is 55.7 Å². The summed E-state index contributed by atoms with van der Waals surface area (Å²) in [6.45, 7) is -6.98. The number of aryl methyl sites for hydroxylation is 3. The zero-order valence-corrected chi connectivity index (χ0v) is 27.7. The Hall–Kier alpha value is -5.22. The fourth-order valence-electron chi connectivity index (χ4n) is 4.65. The minimum atomic E-state index is -2.83. The molecule has 0 aliphatic carbocycles. The van der Waals surface area contributed by atoms with Crippen LogP contribution < -0.4 is 0 Å². The predicted octanol–water partition coefficient (Wildman–Crippen LogP) is 10.5. The largest absolute Gasteiger partial charge is 0.486 e. The van der Waals surface area contributed by atoms with E-state index in [1.807, 2.05) is 66.7 Å². The van der Waals surface area contributed by atoms with Crippen molar-refractivity contribution in [1.82, 2.24) is 15.0 Å². The molecule has 4 aromatic carbocycles. The van der Waals surface area contributed by atoms with Gasteiger partial charge in [0.05, 0.1) is 5.58 Å². The van der Waals surface area contributed by atoms with Gasteiger partial charge in [0, 0.05) is 58.7 Å². The second-order valence-corrected chi connectivity index (χ2v) is 10.1. The molecule has 4 nitrogen and oxygen atoms in total. The van der Waals surface area contributed by atoms with Crippen LogP contribution in [0.15, 0.2) is 138 Å². The Labute approximate surface area is 311 Å². The van der Waals surface area contributed by atoms with Crippen LogP contribution in [0.1, 0.15) is 38.8 Å². The van der Waals surface area contributed by atoms with E-state index in [9.17, 15) is 0 Å². The van der Waals surface area contributed by atoms with Crippen molar-refractivity contribution in [3.8, 4) is 33.6 Å². The first-order valence-electron chi connectivity index (χ1n) is 20.0. The van der Waals surface area contributed by atoms with Gasteiger partial charge in [-0.3, -0.25) is 0 Å². The van der Waals surface area contributed by atoms with Crippen molar-refractivity contribution in [2.75, 3.05) is 0 Å². The molecule has 0 aliphatic heterocycles. The Morgan fingerprint density at radius 1 is 0.667 bits per heavy atom. The molecule has 8 rings (SSSR count). The van der Waals surface area contributed by atoms with E-state index in [2.05, 4.69) is 39.2 Å². The van der Waals surface area contributed by atoms with Gasteiger partial charge in [-0.2, -0.15) is 48.5 Å². The molecule has 0 N–H and O–H groups in total. The Bertz CT molecular complexity index is 2490. The topological polar surface area (TPSA) is 51.8 Å². The number of rotatable bonds is 4. The van der Waals surface area contributed by atoms with Gasteiger partial charge < -0.3 is 14.4 Å². The number of pyridine rings is 3. The molecule has 0 atom stereocenters. The van der Waals surface area contributed by atoms with E-state index in [0.717, 1.165) is 27.8 Å². The summed E-state index contributed by atoms with van der Waals surface area (Å²) >= 11 is 0. The molecule has 0 amide bonds. The second-order valence-electron chi connectivity index (χ2n) is 10.1. The van der Waals surface area contributed by atoms with Crippen molar-refractivity contribution in [1.29, 1.82) is 0 Å². The quantitative estimate of drug-likeness (QED) is 0.166. The van der Waals surface area contributed by atoms with E-state index in [1.165, 1.54) is 18.3 Å². The van der Waals surface area contributed by atoms with E-state index in [0.29, 0.717) is 27.8 Å². The third-order valence-electron chi connectivity index (χ3n) is 6.91. The van der Waals surface area contributed by atoms with Crippen LogP contribution in [0, 0.1) is 38.0 Å². The van der Waals surface area contributed by atoms with Gasteiger partial charge in [-0.15, -0.1) is 65.7 Å². The van der Waals surface area contributed by atoms with E-state index < -0.39 is 26.9 Å². The molecule has 48 heavy (non-hydrogen) atoms. The summed E-state index contributed by atoms with van der Waals surface area (Å²) in [6, 6.07) is 47.5. The first kappa shape index (κ1) is 22.4. The van der Waals surface area contributed by atoms with Gasteiger partial charge in [0.25, 0.3) is 0 Å². The number of fused-ring (bicyclic) bond motifs is 3. The number of benzene rings is 4. The summed E-state index contributed by atoms with van der Waals surface area (Å²) in [4.78, 5) is 12.6. The number of hydrogen-bond acceptors (Lipinski definition) is 4. The van der Waals surface area contributed by atoms with Crippen molar-refractivity contribution in [2.45, 2.75) is 26.9 Å². The summed E-state index contributed by atoms with van der Waals surface area (Å²) in [5.74, 6) is 0. The van der Waals surface area contributed by atoms with Gasteiger partial charge in [-0.1, -0.05) is 48.9 Å². The number of furan rings is 1. The molecular formula is C43H33IrN3O-4. The number of nitrogens with zero attached hydrogens (tertiary/aromatic N) is 3. The Kier molecular flexibility index (Phi) is 7.72. The molecule has 0 saturated heterocycles. The standard InChI is InChI=1S/C18H13N2O.C13H10.C12H10N.Ir/c1-2-12-9-10-14-13-6-5-7-15(16-8-3-4-11-19-16)17(13)21-18(14)20-12;1-11-7-9-13(10-8-11)12-5-3-2-4-6-12;1-10-7-8-12(13-9-10)11-5-3-2-4-6-11;/h3-6,8-11H,2H2,1H3;2*2-5,7-9H,1H3;/q-1;-2;-1;/i1D3,2D2;2*1D3;. The number of aromatic nitrogens is 3. The van der Waals surface area contributed by atoms with Crippen molar-refractivity contribution in [3.63, 3.8) is 0 Å². The second kappa shape index (κ2) is 16.6. The molecule has 1 radical (unpaired) electrons. The van der Waals surface area contributed by atoms with Crippen molar-refractivity contribution in [2.24, 2.45) is 0 Å². The van der Waals surface area contributed by atoms with Crippen LogP contribution in [0.2, 0.25) is 0 Å². The molecule has 0 fully saturated rings. The molecule has 5 heteroatoms. The van der Waals surface area contributed by atoms with Gasteiger partial charge >= 0.3 is 0 Å². The third-order valence-corrected chi connectivity index (χ3v) is 6.91. The maximum absolute atomic E-state index is 7.89. The molecule has 4 aromatic heterocycles. The van der Waals surface area contributed by atoms with Crippen LogP contribution >= 0.6 is 0 Å². The van der Waals surface area contributed by atoms with Gasteiger partial charge in [0.2, 0.25) is 5.71 Å². The monoisotopic (exact) mass is 811 g/mol. The van der Waals surface area contributed by atoms with Gasteiger partial charge in [0.15, 0.2) is 0 Å². The maximum Gasteiger partial charge on any atom is 0.216 e.